The maximum atomic E-state index is 12.7. The molecule has 154 valence electrons. The van der Waals surface area contributed by atoms with E-state index >= 15 is 0 Å². The van der Waals surface area contributed by atoms with Gasteiger partial charge in [0.25, 0.3) is 5.91 Å². The fourth-order valence-electron chi connectivity index (χ4n) is 2.98. The van der Waals surface area contributed by atoms with Gasteiger partial charge in [0, 0.05) is 5.69 Å². The van der Waals surface area contributed by atoms with Crippen molar-refractivity contribution >= 4 is 28.9 Å². The Labute approximate surface area is 176 Å². The molecule has 3 aromatic carbocycles. The van der Waals surface area contributed by atoms with Crippen molar-refractivity contribution in [3.63, 3.8) is 0 Å². The van der Waals surface area contributed by atoms with Crippen molar-refractivity contribution in [1.29, 1.82) is 0 Å². The van der Waals surface area contributed by atoms with Gasteiger partial charge in [-0.25, -0.2) is 0 Å². The second-order valence-electron chi connectivity index (χ2n) is 6.70. The molecule has 6 heteroatoms. The summed E-state index contributed by atoms with van der Waals surface area (Å²) in [4.78, 5) is 25.2. The monoisotopic (exact) mass is 403 g/mol. The van der Waals surface area contributed by atoms with Gasteiger partial charge in [0.2, 0.25) is 5.91 Å². The number of hydrogen-bond acceptors (Lipinski definition) is 4. The van der Waals surface area contributed by atoms with Gasteiger partial charge in [-0.1, -0.05) is 36.4 Å². The van der Waals surface area contributed by atoms with Crippen molar-refractivity contribution in [3.8, 4) is 5.75 Å². The molecule has 30 heavy (non-hydrogen) atoms. The summed E-state index contributed by atoms with van der Waals surface area (Å²) in [6.07, 6.45) is 0. The first-order valence-electron chi connectivity index (χ1n) is 9.79. The van der Waals surface area contributed by atoms with E-state index < -0.39 is 0 Å². The zero-order valence-corrected chi connectivity index (χ0v) is 17.1. The molecule has 3 aromatic rings. The van der Waals surface area contributed by atoms with E-state index in [0.29, 0.717) is 29.3 Å². The van der Waals surface area contributed by atoms with Crippen LogP contribution in [0.2, 0.25) is 0 Å². The van der Waals surface area contributed by atoms with Gasteiger partial charge in [0.1, 0.15) is 5.75 Å². The molecular formula is C24H25N3O3. The van der Waals surface area contributed by atoms with Gasteiger partial charge in [0.05, 0.1) is 30.1 Å². The van der Waals surface area contributed by atoms with Gasteiger partial charge in [-0.15, -0.1) is 0 Å². The van der Waals surface area contributed by atoms with Gasteiger partial charge in [0.15, 0.2) is 0 Å². The molecule has 3 N–H and O–H groups in total. The highest BCUT2D eigenvalue weighted by Gasteiger charge is 2.14. The Morgan fingerprint density at radius 1 is 0.867 bits per heavy atom. The minimum atomic E-state index is -0.286. The van der Waals surface area contributed by atoms with E-state index in [1.54, 1.807) is 24.3 Å². The third-order valence-corrected chi connectivity index (χ3v) is 4.35. The molecule has 0 aliphatic carbocycles. The number of carbonyl (C=O) groups excluding carboxylic acids is 2. The smallest absolute Gasteiger partial charge is 0.257 e. The quantitative estimate of drug-likeness (QED) is 0.509. The van der Waals surface area contributed by atoms with E-state index in [2.05, 4.69) is 16.0 Å². The summed E-state index contributed by atoms with van der Waals surface area (Å²) in [5, 5.41) is 8.75. The number of benzene rings is 3. The van der Waals surface area contributed by atoms with Crippen molar-refractivity contribution in [1.82, 2.24) is 0 Å². The van der Waals surface area contributed by atoms with Crippen LogP contribution < -0.4 is 20.7 Å². The average molecular weight is 403 g/mol. The van der Waals surface area contributed by atoms with E-state index in [-0.39, 0.29) is 18.4 Å². The standard InChI is InChI=1S/C24H25N3O3/c1-3-30-22-14-7-6-13-21(22)25-16-23(28)27-20-12-5-4-11-19(20)24(29)26-18-10-8-9-17(2)15-18/h4-15,25H,3,16H2,1-2H3,(H,26,29)(H,27,28). The van der Waals surface area contributed by atoms with E-state index in [9.17, 15) is 9.59 Å². The van der Waals surface area contributed by atoms with E-state index in [1.807, 2.05) is 62.4 Å². The molecule has 3 rings (SSSR count). The largest absolute Gasteiger partial charge is 0.492 e. The lowest BCUT2D eigenvalue weighted by atomic mass is 10.1. The van der Waals surface area contributed by atoms with Crippen LogP contribution in [0.4, 0.5) is 17.1 Å². The summed E-state index contributed by atoms with van der Waals surface area (Å²) < 4.78 is 5.56. The molecule has 0 spiro atoms. The summed E-state index contributed by atoms with van der Waals surface area (Å²) in [5.74, 6) is 0.133. The van der Waals surface area contributed by atoms with Crippen LogP contribution in [0, 0.1) is 6.92 Å². The van der Waals surface area contributed by atoms with Crippen LogP contribution in [-0.2, 0) is 4.79 Å². The maximum Gasteiger partial charge on any atom is 0.257 e. The van der Waals surface area contributed by atoms with Crippen LogP contribution in [0.1, 0.15) is 22.8 Å². The molecule has 0 radical (unpaired) electrons. The molecule has 0 unspecified atom stereocenters. The fraction of sp³-hybridized carbons (Fsp3) is 0.167. The average Bonchev–Trinajstić information content (AvgIpc) is 2.74. The Morgan fingerprint density at radius 2 is 1.60 bits per heavy atom. The predicted molar refractivity (Wildman–Crippen MR) is 120 cm³/mol. The highest BCUT2D eigenvalue weighted by molar-refractivity contribution is 6.10. The van der Waals surface area contributed by atoms with Crippen molar-refractivity contribution in [2.75, 3.05) is 29.1 Å². The highest BCUT2D eigenvalue weighted by atomic mass is 16.5. The summed E-state index contributed by atoms with van der Waals surface area (Å²) in [6.45, 7) is 4.44. The lowest BCUT2D eigenvalue weighted by Crippen LogP contribution is -2.24. The fourth-order valence-corrected chi connectivity index (χ4v) is 2.98. The second-order valence-corrected chi connectivity index (χ2v) is 6.70. The van der Waals surface area contributed by atoms with Crippen LogP contribution in [0.25, 0.3) is 0 Å². The zero-order valence-electron chi connectivity index (χ0n) is 17.1. The van der Waals surface area contributed by atoms with Crippen LogP contribution >= 0.6 is 0 Å². The first-order valence-corrected chi connectivity index (χ1v) is 9.79. The molecule has 0 aromatic heterocycles. The van der Waals surface area contributed by atoms with Crippen LogP contribution in [-0.4, -0.2) is 25.0 Å². The lowest BCUT2D eigenvalue weighted by molar-refractivity contribution is -0.114. The molecule has 6 nitrogen and oxygen atoms in total. The number of para-hydroxylation sites is 3. The predicted octanol–water partition coefficient (Wildman–Crippen LogP) is 4.70. The number of ether oxygens (including phenoxy) is 1. The lowest BCUT2D eigenvalue weighted by Gasteiger charge is -2.14. The van der Waals surface area contributed by atoms with E-state index in [4.69, 9.17) is 4.74 Å². The van der Waals surface area contributed by atoms with Crippen molar-refractivity contribution in [2.24, 2.45) is 0 Å². The summed E-state index contributed by atoms with van der Waals surface area (Å²) >= 11 is 0. The Bertz CT molecular complexity index is 1030. The Hall–Kier alpha value is -3.80. The van der Waals surface area contributed by atoms with Gasteiger partial charge < -0.3 is 20.7 Å². The van der Waals surface area contributed by atoms with E-state index in [0.717, 1.165) is 11.3 Å². The molecule has 0 saturated carbocycles. The molecule has 0 heterocycles. The molecule has 0 bridgehead atoms. The van der Waals surface area contributed by atoms with E-state index in [1.165, 1.54) is 0 Å². The Kier molecular flexibility index (Phi) is 7.05. The van der Waals surface area contributed by atoms with Crippen molar-refractivity contribution in [2.45, 2.75) is 13.8 Å². The molecule has 0 atom stereocenters. The van der Waals surface area contributed by atoms with Crippen LogP contribution in [0.3, 0.4) is 0 Å². The number of anilines is 3. The number of aryl methyl sites for hydroxylation is 1. The molecule has 0 saturated heterocycles. The second kappa shape index (κ2) is 10.1. The van der Waals surface area contributed by atoms with Crippen LogP contribution in [0.5, 0.6) is 5.75 Å². The van der Waals surface area contributed by atoms with Gasteiger partial charge in [-0.3, -0.25) is 9.59 Å². The maximum absolute atomic E-state index is 12.7. The van der Waals surface area contributed by atoms with Crippen molar-refractivity contribution in [3.05, 3.63) is 83.9 Å². The SMILES string of the molecule is CCOc1ccccc1NCC(=O)Nc1ccccc1C(=O)Nc1cccc(C)c1. The summed E-state index contributed by atoms with van der Waals surface area (Å²) in [6, 6.07) is 21.9. The third-order valence-electron chi connectivity index (χ3n) is 4.35. The topological polar surface area (TPSA) is 79.5 Å². The summed E-state index contributed by atoms with van der Waals surface area (Å²) in [5.41, 5.74) is 3.33. The van der Waals surface area contributed by atoms with Crippen LogP contribution in [0.15, 0.2) is 72.8 Å². The zero-order chi connectivity index (χ0) is 21.3. The van der Waals surface area contributed by atoms with Gasteiger partial charge >= 0.3 is 0 Å². The highest BCUT2D eigenvalue weighted by Crippen LogP contribution is 2.23. The number of rotatable bonds is 8. The molecule has 0 fully saturated rings. The van der Waals surface area contributed by atoms with Crippen molar-refractivity contribution < 1.29 is 14.3 Å². The Morgan fingerprint density at radius 3 is 2.37 bits per heavy atom. The van der Waals surface area contributed by atoms with Gasteiger partial charge in [-0.2, -0.15) is 0 Å². The number of carbonyl (C=O) groups is 2. The van der Waals surface area contributed by atoms with Gasteiger partial charge in [-0.05, 0) is 55.8 Å². The number of hydrogen-bond donors (Lipinski definition) is 3. The molecular weight excluding hydrogens is 378 g/mol. The minimum Gasteiger partial charge on any atom is -0.492 e. The normalized spacial score (nSPS) is 10.2. The Balaban J connectivity index is 1.66. The molecule has 2 amide bonds. The molecule has 0 aliphatic heterocycles. The third kappa shape index (κ3) is 5.61. The molecule has 0 aliphatic rings. The first kappa shape index (κ1) is 20.9. The minimum absolute atomic E-state index is 0.0396. The first-order chi connectivity index (χ1) is 14.6. The summed E-state index contributed by atoms with van der Waals surface area (Å²) in [7, 11) is 0. The number of amides is 2. The number of nitrogens with one attached hydrogen (secondary N) is 3.